The molecule has 0 aliphatic carbocycles. The van der Waals surface area contributed by atoms with E-state index in [9.17, 15) is 4.79 Å². The molecule has 4 nitrogen and oxygen atoms in total. The van der Waals surface area contributed by atoms with Crippen molar-refractivity contribution in [2.75, 3.05) is 5.32 Å². The van der Waals surface area contributed by atoms with Gasteiger partial charge in [-0.15, -0.1) is 0 Å². The zero-order chi connectivity index (χ0) is 14.5. The Morgan fingerprint density at radius 2 is 2.21 bits per heavy atom. The SMILES string of the molecule is CCC(C)Oc1cccc(NC(=O)C(C)(C)C#N)c1. The predicted octanol–water partition coefficient (Wildman–Crippen LogP) is 3.35. The third kappa shape index (κ3) is 4.29. The quantitative estimate of drug-likeness (QED) is 0.883. The van der Waals surface area contributed by atoms with Gasteiger partial charge >= 0.3 is 0 Å². The molecular weight excluding hydrogens is 240 g/mol. The molecule has 0 spiro atoms. The molecule has 0 aromatic heterocycles. The monoisotopic (exact) mass is 260 g/mol. The van der Waals surface area contributed by atoms with E-state index in [-0.39, 0.29) is 12.0 Å². The highest BCUT2D eigenvalue weighted by Crippen LogP contribution is 2.22. The van der Waals surface area contributed by atoms with Crippen molar-refractivity contribution in [1.82, 2.24) is 0 Å². The molecule has 0 saturated carbocycles. The highest BCUT2D eigenvalue weighted by atomic mass is 16.5. The molecule has 1 rings (SSSR count). The molecule has 0 aliphatic heterocycles. The number of ether oxygens (including phenoxy) is 1. The summed E-state index contributed by atoms with van der Waals surface area (Å²) in [5.41, 5.74) is -0.415. The summed E-state index contributed by atoms with van der Waals surface area (Å²) in [5.74, 6) is 0.387. The van der Waals surface area contributed by atoms with Crippen molar-refractivity contribution < 1.29 is 9.53 Å². The third-order valence-electron chi connectivity index (χ3n) is 2.85. The standard InChI is InChI=1S/C15H20N2O2/c1-5-11(2)19-13-8-6-7-12(9-13)17-14(18)15(3,4)10-16/h6-9,11H,5H2,1-4H3,(H,17,18). The van der Waals surface area contributed by atoms with Crippen LogP contribution < -0.4 is 10.1 Å². The summed E-state index contributed by atoms with van der Waals surface area (Å²) in [6.45, 7) is 7.21. The maximum atomic E-state index is 11.9. The fraction of sp³-hybridized carbons (Fsp3) is 0.467. The number of amides is 1. The lowest BCUT2D eigenvalue weighted by molar-refractivity contribution is -0.121. The van der Waals surface area contributed by atoms with Crippen LogP contribution >= 0.6 is 0 Å². The first-order chi connectivity index (χ1) is 8.89. The third-order valence-corrected chi connectivity index (χ3v) is 2.85. The summed E-state index contributed by atoms with van der Waals surface area (Å²) < 4.78 is 5.68. The Balaban J connectivity index is 2.78. The molecule has 19 heavy (non-hydrogen) atoms. The van der Waals surface area contributed by atoms with Crippen molar-refractivity contribution in [2.45, 2.75) is 40.2 Å². The number of carbonyl (C=O) groups is 1. The molecule has 1 amide bonds. The van der Waals surface area contributed by atoms with Gasteiger partial charge in [0, 0.05) is 11.8 Å². The normalized spacial score (nSPS) is 12.4. The van der Waals surface area contributed by atoms with Gasteiger partial charge in [0.15, 0.2) is 0 Å². The molecule has 1 aromatic rings. The molecule has 0 saturated heterocycles. The minimum atomic E-state index is -1.05. The molecule has 102 valence electrons. The summed E-state index contributed by atoms with van der Waals surface area (Å²) >= 11 is 0. The Bertz CT molecular complexity index is 489. The van der Waals surface area contributed by atoms with Crippen LogP contribution in [-0.2, 0) is 4.79 Å². The van der Waals surface area contributed by atoms with Crippen LogP contribution in [0.1, 0.15) is 34.1 Å². The largest absolute Gasteiger partial charge is 0.491 e. The minimum absolute atomic E-state index is 0.126. The van der Waals surface area contributed by atoms with Gasteiger partial charge in [0.25, 0.3) is 0 Å². The van der Waals surface area contributed by atoms with E-state index in [4.69, 9.17) is 10.00 Å². The number of nitrogens with one attached hydrogen (secondary N) is 1. The van der Waals surface area contributed by atoms with E-state index in [1.54, 1.807) is 26.0 Å². The van der Waals surface area contributed by atoms with Gasteiger partial charge in [0.2, 0.25) is 5.91 Å². The van der Waals surface area contributed by atoms with Gasteiger partial charge in [-0.3, -0.25) is 4.79 Å². The van der Waals surface area contributed by atoms with Gasteiger partial charge in [-0.05, 0) is 39.3 Å². The van der Waals surface area contributed by atoms with E-state index < -0.39 is 5.41 Å². The summed E-state index contributed by atoms with van der Waals surface area (Å²) in [5, 5.41) is 11.6. The Morgan fingerprint density at radius 1 is 1.53 bits per heavy atom. The summed E-state index contributed by atoms with van der Waals surface area (Å²) in [7, 11) is 0. The first-order valence-corrected chi connectivity index (χ1v) is 6.38. The van der Waals surface area contributed by atoms with Gasteiger partial charge in [-0.1, -0.05) is 13.0 Å². The van der Waals surface area contributed by atoms with Gasteiger partial charge in [0.1, 0.15) is 11.2 Å². The number of rotatable bonds is 5. The van der Waals surface area contributed by atoms with Crippen LogP contribution in [0.25, 0.3) is 0 Å². The Labute approximate surface area is 114 Å². The number of nitrogens with zero attached hydrogens (tertiary/aromatic N) is 1. The molecule has 0 radical (unpaired) electrons. The second-order valence-electron chi connectivity index (χ2n) is 5.06. The molecule has 0 heterocycles. The Kier molecular flexibility index (Phi) is 4.94. The summed E-state index contributed by atoms with van der Waals surface area (Å²) in [4.78, 5) is 11.9. The molecule has 1 aromatic carbocycles. The summed E-state index contributed by atoms with van der Waals surface area (Å²) in [6.07, 6.45) is 1.04. The number of nitriles is 1. The first-order valence-electron chi connectivity index (χ1n) is 6.38. The minimum Gasteiger partial charge on any atom is -0.491 e. The highest BCUT2D eigenvalue weighted by molar-refractivity contribution is 5.96. The van der Waals surface area contributed by atoms with E-state index in [1.807, 2.05) is 32.0 Å². The number of carbonyl (C=O) groups excluding carboxylic acids is 1. The molecule has 0 aliphatic rings. The summed E-state index contributed by atoms with van der Waals surface area (Å²) in [6, 6.07) is 9.16. The van der Waals surface area contributed by atoms with Crippen LogP contribution in [0.3, 0.4) is 0 Å². The molecule has 1 N–H and O–H groups in total. The van der Waals surface area contributed by atoms with E-state index in [1.165, 1.54) is 0 Å². The van der Waals surface area contributed by atoms with Gasteiger partial charge in [0.05, 0.1) is 12.2 Å². The Morgan fingerprint density at radius 3 is 2.79 bits per heavy atom. The smallest absolute Gasteiger partial charge is 0.244 e. The molecule has 1 atom stereocenters. The van der Waals surface area contributed by atoms with Crippen LogP contribution in [0.2, 0.25) is 0 Å². The molecular formula is C15H20N2O2. The highest BCUT2D eigenvalue weighted by Gasteiger charge is 2.27. The predicted molar refractivity (Wildman–Crippen MR) is 74.8 cm³/mol. The topological polar surface area (TPSA) is 62.1 Å². The van der Waals surface area contributed by atoms with Crippen LogP contribution in [0.15, 0.2) is 24.3 Å². The maximum Gasteiger partial charge on any atom is 0.244 e. The van der Waals surface area contributed by atoms with Crippen LogP contribution in [0.4, 0.5) is 5.69 Å². The number of benzene rings is 1. The van der Waals surface area contributed by atoms with Crippen molar-refractivity contribution in [1.29, 1.82) is 5.26 Å². The number of hydrogen-bond acceptors (Lipinski definition) is 3. The second kappa shape index (κ2) is 6.24. The van der Waals surface area contributed by atoms with Crippen molar-refractivity contribution in [2.24, 2.45) is 5.41 Å². The van der Waals surface area contributed by atoms with E-state index in [2.05, 4.69) is 5.32 Å². The fourth-order valence-corrected chi connectivity index (χ4v) is 1.30. The van der Waals surface area contributed by atoms with E-state index >= 15 is 0 Å². The lowest BCUT2D eigenvalue weighted by atomic mass is 9.94. The average Bonchev–Trinajstić information content (AvgIpc) is 2.38. The van der Waals surface area contributed by atoms with Gasteiger partial charge in [-0.2, -0.15) is 5.26 Å². The number of anilines is 1. The van der Waals surface area contributed by atoms with Crippen molar-refractivity contribution >= 4 is 11.6 Å². The lowest BCUT2D eigenvalue weighted by Gasteiger charge is -2.16. The molecule has 0 fully saturated rings. The molecule has 0 bridgehead atoms. The fourth-order valence-electron chi connectivity index (χ4n) is 1.30. The van der Waals surface area contributed by atoms with Crippen molar-refractivity contribution in [3.8, 4) is 11.8 Å². The van der Waals surface area contributed by atoms with Gasteiger partial charge < -0.3 is 10.1 Å². The van der Waals surface area contributed by atoms with Crippen molar-refractivity contribution in [3.63, 3.8) is 0 Å². The average molecular weight is 260 g/mol. The van der Waals surface area contributed by atoms with Crippen molar-refractivity contribution in [3.05, 3.63) is 24.3 Å². The lowest BCUT2D eigenvalue weighted by Crippen LogP contribution is -2.29. The van der Waals surface area contributed by atoms with E-state index in [0.717, 1.165) is 6.42 Å². The van der Waals surface area contributed by atoms with Crippen LogP contribution in [0.5, 0.6) is 5.75 Å². The zero-order valence-electron chi connectivity index (χ0n) is 11.9. The number of hydrogen-bond donors (Lipinski definition) is 1. The Hall–Kier alpha value is -2.02. The van der Waals surface area contributed by atoms with E-state index in [0.29, 0.717) is 11.4 Å². The van der Waals surface area contributed by atoms with Crippen LogP contribution in [0, 0.1) is 16.7 Å². The second-order valence-corrected chi connectivity index (χ2v) is 5.06. The van der Waals surface area contributed by atoms with Crippen LogP contribution in [-0.4, -0.2) is 12.0 Å². The maximum absolute atomic E-state index is 11.9. The molecule has 1 unspecified atom stereocenters. The first kappa shape index (κ1) is 15.0. The molecule has 4 heteroatoms. The zero-order valence-corrected chi connectivity index (χ0v) is 11.9. The van der Waals surface area contributed by atoms with Gasteiger partial charge in [-0.25, -0.2) is 0 Å².